The van der Waals surface area contributed by atoms with Crippen molar-refractivity contribution >= 4 is 5.96 Å². The second-order valence-electron chi connectivity index (χ2n) is 7.83. The molecule has 0 aromatic heterocycles. The first-order chi connectivity index (χ1) is 14.2. The van der Waals surface area contributed by atoms with Crippen LogP contribution in [0.25, 0.3) is 0 Å². The second-order valence-corrected chi connectivity index (χ2v) is 7.83. The molecular weight excluding hydrogens is 366 g/mol. The molecule has 1 aromatic rings. The molecule has 1 aromatic carbocycles. The molecule has 0 spiro atoms. The van der Waals surface area contributed by atoms with Crippen molar-refractivity contribution < 1.29 is 14.2 Å². The molecule has 1 saturated carbocycles. The van der Waals surface area contributed by atoms with E-state index in [1.807, 2.05) is 24.3 Å². The monoisotopic (exact) mass is 405 g/mol. The van der Waals surface area contributed by atoms with Gasteiger partial charge in [-0.1, -0.05) is 25.0 Å². The lowest BCUT2D eigenvalue weighted by atomic mass is 9.83. The van der Waals surface area contributed by atoms with Gasteiger partial charge in [-0.05, 0) is 55.7 Å². The van der Waals surface area contributed by atoms with Crippen molar-refractivity contribution in [3.63, 3.8) is 0 Å². The number of hydrogen-bond donors (Lipinski definition) is 2. The zero-order chi connectivity index (χ0) is 20.8. The summed E-state index contributed by atoms with van der Waals surface area (Å²) in [4.78, 5) is 4.89. The largest absolute Gasteiger partial charge is 0.497 e. The highest BCUT2D eigenvalue weighted by Crippen LogP contribution is 2.41. The quantitative estimate of drug-likeness (QED) is 0.297. The Morgan fingerprint density at radius 1 is 1.07 bits per heavy atom. The van der Waals surface area contributed by atoms with Gasteiger partial charge in [-0.3, -0.25) is 4.99 Å². The van der Waals surface area contributed by atoms with E-state index in [1.54, 1.807) is 14.2 Å². The van der Waals surface area contributed by atoms with Crippen molar-refractivity contribution in [2.24, 2.45) is 10.4 Å². The van der Waals surface area contributed by atoms with Crippen molar-refractivity contribution in [1.82, 2.24) is 10.6 Å². The normalized spacial score (nSPS) is 16.0. The Labute approximate surface area is 176 Å². The fraction of sp³-hybridized carbons (Fsp3) is 0.696. The highest BCUT2D eigenvalue weighted by atomic mass is 16.5. The summed E-state index contributed by atoms with van der Waals surface area (Å²) in [6, 6.07) is 8.00. The first-order valence-corrected chi connectivity index (χ1v) is 10.9. The van der Waals surface area contributed by atoms with E-state index in [4.69, 9.17) is 19.2 Å². The van der Waals surface area contributed by atoms with Gasteiger partial charge < -0.3 is 24.8 Å². The first kappa shape index (κ1) is 23.5. The summed E-state index contributed by atoms with van der Waals surface area (Å²) in [5.41, 5.74) is 1.48. The van der Waals surface area contributed by atoms with E-state index in [-0.39, 0.29) is 0 Å². The third-order valence-corrected chi connectivity index (χ3v) is 5.60. The molecule has 1 aliphatic carbocycles. The summed E-state index contributed by atoms with van der Waals surface area (Å²) < 4.78 is 16.3. The molecule has 164 valence electrons. The first-order valence-electron chi connectivity index (χ1n) is 10.9. The maximum Gasteiger partial charge on any atom is 0.191 e. The van der Waals surface area contributed by atoms with Crippen LogP contribution in [0.4, 0.5) is 0 Å². The number of rotatable bonds is 13. The Hall–Kier alpha value is -1.79. The standard InChI is InChI=1S/C23H39N3O3/c1-4-24-22(26-19-23(14-17-27-2)12-5-6-13-23)25-15-7-16-29-18-20-8-10-21(28-3)11-9-20/h8-11H,4-7,12-19H2,1-3H3,(H2,24,25,26). The van der Waals surface area contributed by atoms with Crippen molar-refractivity contribution in [2.45, 2.75) is 52.1 Å². The van der Waals surface area contributed by atoms with Gasteiger partial charge in [-0.15, -0.1) is 0 Å². The lowest BCUT2D eigenvalue weighted by molar-refractivity contribution is 0.119. The minimum atomic E-state index is 0.319. The molecule has 0 saturated heterocycles. The Bertz CT molecular complexity index is 584. The van der Waals surface area contributed by atoms with Gasteiger partial charge in [0.25, 0.3) is 0 Å². The summed E-state index contributed by atoms with van der Waals surface area (Å²) in [5.74, 6) is 1.78. The topological polar surface area (TPSA) is 64.1 Å². The van der Waals surface area contributed by atoms with E-state index in [9.17, 15) is 0 Å². The number of nitrogens with zero attached hydrogens (tertiary/aromatic N) is 1. The molecule has 0 bridgehead atoms. The van der Waals surface area contributed by atoms with Gasteiger partial charge in [0.05, 0.1) is 13.7 Å². The maximum atomic E-state index is 5.78. The average molecular weight is 406 g/mol. The Balaban J connectivity index is 1.68. The average Bonchev–Trinajstić information content (AvgIpc) is 3.22. The van der Waals surface area contributed by atoms with E-state index in [1.165, 1.54) is 25.7 Å². The third kappa shape index (κ3) is 8.62. The van der Waals surface area contributed by atoms with E-state index in [2.05, 4.69) is 17.6 Å². The molecule has 0 radical (unpaired) electrons. The Kier molecular flexibility index (Phi) is 10.9. The number of nitrogens with one attached hydrogen (secondary N) is 2. The van der Waals surface area contributed by atoms with Crippen LogP contribution in [0.3, 0.4) is 0 Å². The van der Waals surface area contributed by atoms with Gasteiger partial charge in [0.15, 0.2) is 5.96 Å². The van der Waals surface area contributed by atoms with Crippen LogP contribution in [0.15, 0.2) is 29.3 Å². The van der Waals surface area contributed by atoms with Gasteiger partial charge >= 0.3 is 0 Å². The molecule has 0 atom stereocenters. The lowest BCUT2D eigenvalue weighted by Crippen LogP contribution is -2.39. The zero-order valence-electron chi connectivity index (χ0n) is 18.5. The molecular formula is C23H39N3O3. The van der Waals surface area contributed by atoms with E-state index in [0.717, 1.165) is 63.0 Å². The van der Waals surface area contributed by atoms with E-state index < -0.39 is 0 Å². The van der Waals surface area contributed by atoms with Gasteiger partial charge in [0, 0.05) is 40.0 Å². The number of ether oxygens (including phenoxy) is 3. The summed E-state index contributed by atoms with van der Waals surface area (Å²) >= 11 is 0. The molecule has 6 heteroatoms. The summed E-state index contributed by atoms with van der Waals surface area (Å²) in [6.45, 7) is 6.86. The predicted molar refractivity (Wildman–Crippen MR) is 119 cm³/mol. The van der Waals surface area contributed by atoms with Crippen molar-refractivity contribution in [3.8, 4) is 5.75 Å². The van der Waals surface area contributed by atoms with E-state index >= 15 is 0 Å². The van der Waals surface area contributed by atoms with Crippen LogP contribution in [0.5, 0.6) is 5.75 Å². The van der Waals surface area contributed by atoms with Crippen molar-refractivity contribution in [1.29, 1.82) is 0 Å². The zero-order valence-corrected chi connectivity index (χ0v) is 18.5. The minimum Gasteiger partial charge on any atom is -0.497 e. The van der Waals surface area contributed by atoms with Crippen LogP contribution >= 0.6 is 0 Å². The molecule has 0 unspecified atom stereocenters. The molecule has 0 amide bonds. The number of hydrogen-bond acceptors (Lipinski definition) is 4. The summed E-state index contributed by atoms with van der Waals surface area (Å²) in [7, 11) is 3.46. The molecule has 6 nitrogen and oxygen atoms in total. The van der Waals surface area contributed by atoms with Gasteiger partial charge in [0.2, 0.25) is 0 Å². The van der Waals surface area contributed by atoms with Crippen LogP contribution in [0.2, 0.25) is 0 Å². The van der Waals surface area contributed by atoms with Crippen molar-refractivity contribution in [3.05, 3.63) is 29.8 Å². The van der Waals surface area contributed by atoms with Gasteiger partial charge in [-0.2, -0.15) is 0 Å². The SMILES string of the molecule is CCNC(=NCC1(CCOC)CCCC1)NCCCOCc1ccc(OC)cc1. The lowest BCUT2D eigenvalue weighted by Gasteiger charge is -2.27. The van der Waals surface area contributed by atoms with Crippen LogP contribution < -0.4 is 15.4 Å². The highest BCUT2D eigenvalue weighted by Gasteiger charge is 2.33. The van der Waals surface area contributed by atoms with Gasteiger partial charge in [-0.25, -0.2) is 0 Å². The molecule has 29 heavy (non-hydrogen) atoms. The minimum absolute atomic E-state index is 0.319. The summed E-state index contributed by atoms with van der Waals surface area (Å²) in [5, 5.41) is 6.81. The number of guanidine groups is 1. The number of aliphatic imine (C=N–C) groups is 1. The van der Waals surface area contributed by atoms with Crippen molar-refractivity contribution in [2.75, 3.05) is 47.1 Å². The fourth-order valence-corrected chi connectivity index (χ4v) is 3.81. The van der Waals surface area contributed by atoms with Crippen LogP contribution in [-0.2, 0) is 16.1 Å². The fourth-order valence-electron chi connectivity index (χ4n) is 3.81. The maximum absolute atomic E-state index is 5.78. The summed E-state index contributed by atoms with van der Waals surface area (Å²) in [6.07, 6.45) is 7.20. The number of methoxy groups -OCH3 is 2. The second kappa shape index (κ2) is 13.4. The van der Waals surface area contributed by atoms with Crippen LogP contribution in [0, 0.1) is 5.41 Å². The molecule has 0 aliphatic heterocycles. The molecule has 2 N–H and O–H groups in total. The highest BCUT2D eigenvalue weighted by molar-refractivity contribution is 5.79. The Morgan fingerprint density at radius 3 is 2.48 bits per heavy atom. The molecule has 0 heterocycles. The predicted octanol–water partition coefficient (Wildman–Crippen LogP) is 3.75. The van der Waals surface area contributed by atoms with Crippen LogP contribution in [0.1, 0.15) is 51.0 Å². The molecule has 1 fully saturated rings. The van der Waals surface area contributed by atoms with Crippen LogP contribution in [-0.4, -0.2) is 53.0 Å². The third-order valence-electron chi connectivity index (χ3n) is 5.60. The van der Waals surface area contributed by atoms with E-state index in [0.29, 0.717) is 12.0 Å². The smallest absolute Gasteiger partial charge is 0.191 e. The number of benzene rings is 1. The van der Waals surface area contributed by atoms with Gasteiger partial charge in [0.1, 0.15) is 5.75 Å². The Morgan fingerprint density at radius 2 is 1.83 bits per heavy atom. The molecule has 2 rings (SSSR count). The molecule has 1 aliphatic rings.